The number of nitrogens with one attached hydrogen (secondary N) is 1. The summed E-state index contributed by atoms with van der Waals surface area (Å²) in [7, 11) is 2.00. The van der Waals surface area contributed by atoms with E-state index in [2.05, 4.69) is 39.7 Å². The van der Waals surface area contributed by atoms with Crippen LogP contribution in [0.2, 0.25) is 0 Å². The van der Waals surface area contributed by atoms with Gasteiger partial charge in [-0.15, -0.1) is 12.4 Å². The lowest BCUT2D eigenvalue weighted by molar-refractivity contribution is 0.249. The lowest BCUT2D eigenvalue weighted by Gasteiger charge is -2.24. The lowest BCUT2D eigenvalue weighted by atomic mass is 10.1. The van der Waals surface area contributed by atoms with Gasteiger partial charge in [0.15, 0.2) is 0 Å². The molecule has 0 bridgehead atoms. The molecule has 0 aliphatic carbocycles. The van der Waals surface area contributed by atoms with Gasteiger partial charge in [-0.25, -0.2) is 0 Å². The zero-order valence-corrected chi connectivity index (χ0v) is 13.8. The van der Waals surface area contributed by atoms with Crippen molar-refractivity contribution in [3.05, 3.63) is 47.3 Å². The molecule has 22 heavy (non-hydrogen) atoms. The molecule has 0 spiro atoms. The Kier molecular flexibility index (Phi) is 4.41. The van der Waals surface area contributed by atoms with E-state index in [0.717, 1.165) is 19.5 Å². The molecule has 1 aromatic heterocycles. The predicted octanol–water partition coefficient (Wildman–Crippen LogP) is 3.15. The van der Waals surface area contributed by atoms with Gasteiger partial charge in [-0.05, 0) is 36.9 Å². The first-order valence-electron chi connectivity index (χ1n) is 7.88. The highest BCUT2D eigenvalue weighted by molar-refractivity contribution is 5.85. The maximum Gasteiger partial charge on any atom is 0.0537 e. The molecule has 1 aromatic carbocycles. The summed E-state index contributed by atoms with van der Waals surface area (Å²) in [6, 6.07) is 7.25. The van der Waals surface area contributed by atoms with Crippen LogP contribution in [-0.4, -0.2) is 27.8 Å². The molecular formula is C17H23ClN4. The van der Waals surface area contributed by atoms with Crippen LogP contribution in [0, 0.1) is 0 Å². The molecule has 1 N–H and O–H groups in total. The first kappa shape index (κ1) is 15.4. The van der Waals surface area contributed by atoms with Gasteiger partial charge in [0.25, 0.3) is 0 Å². The standard InChI is InChI=1S/C17H22N4.ClH/c1-20-11-15(10-19-20)16-6-3-9-21(16)12-14-5-2-4-13-7-8-18-17(13)14;/h2,4-5,10-11,16,18H,3,6-9,12H2,1H3;1H. The lowest BCUT2D eigenvalue weighted by Crippen LogP contribution is -2.23. The Morgan fingerprint density at radius 1 is 1.36 bits per heavy atom. The van der Waals surface area contributed by atoms with Gasteiger partial charge in [-0.3, -0.25) is 9.58 Å². The number of para-hydroxylation sites is 1. The van der Waals surface area contributed by atoms with Crippen LogP contribution in [0.5, 0.6) is 0 Å². The minimum atomic E-state index is 0. The van der Waals surface area contributed by atoms with Crippen LogP contribution in [0.3, 0.4) is 0 Å². The SMILES string of the molecule is Cl.Cn1cc(C2CCCN2Cc2cccc3c2NCC3)cn1. The van der Waals surface area contributed by atoms with Gasteiger partial charge in [-0.2, -0.15) is 5.10 Å². The van der Waals surface area contributed by atoms with E-state index in [1.54, 1.807) is 0 Å². The number of aryl methyl sites for hydroxylation is 1. The number of hydrogen-bond donors (Lipinski definition) is 1. The van der Waals surface area contributed by atoms with Crippen molar-refractivity contribution in [1.82, 2.24) is 14.7 Å². The third kappa shape index (κ3) is 2.73. The van der Waals surface area contributed by atoms with Crippen molar-refractivity contribution in [3.63, 3.8) is 0 Å². The zero-order chi connectivity index (χ0) is 14.2. The third-order valence-corrected chi connectivity index (χ3v) is 4.78. The second kappa shape index (κ2) is 6.31. The predicted molar refractivity (Wildman–Crippen MR) is 91.5 cm³/mol. The fraction of sp³-hybridized carbons (Fsp3) is 0.471. The second-order valence-electron chi connectivity index (χ2n) is 6.20. The summed E-state index contributed by atoms with van der Waals surface area (Å²) in [5, 5.41) is 7.90. The van der Waals surface area contributed by atoms with E-state index in [9.17, 15) is 0 Å². The molecule has 118 valence electrons. The van der Waals surface area contributed by atoms with Crippen LogP contribution in [0.15, 0.2) is 30.6 Å². The Morgan fingerprint density at radius 2 is 2.27 bits per heavy atom. The summed E-state index contributed by atoms with van der Waals surface area (Å²) in [5.74, 6) is 0. The second-order valence-corrected chi connectivity index (χ2v) is 6.20. The molecule has 0 radical (unpaired) electrons. The molecule has 1 fully saturated rings. The van der Waals surface area contributed by atoms with Gasteiger partial charge in [0.1, 0.15) is 0 Å². The number of likely N-dealkylation sites (tertiary alicyclic amines) is 1. The van der Waals surface area contributed by atoms with Crippen LogP contribution in [-0.2, 0) is 20.0 Å². The smallest absolute Gasteiger partial charge is 0.0537 e. The van der Waals surface area contributed by atoms with Crippen molar-refractivity contribution in [3.8, 4) is 0 Å². The Labute approximate surface area is 137 Å². The van der Waals surface area contributed by atoms with Crippen LogP contribution < -0.4 is 5.32 Å². The molecule has 5 heteroatoms. The Balaban J connectivity index is 0.00000144. The maximum absolute atomic E-state index is 4.34. The van der Waals surface area contributed by atoms with E-state index < -0.39 is 0 Å². The van der Waals surface area contributed by atoms with Gasteiger partial charge in [0, 0.05) is 43.6 Å². The van der Waals surface area contributed by atoms with Gasteiger partial charge >= 0.3 is 0 Å². The van der Waals surface area contributed by atoms with Crippen LogP contribution in [0.1, 0.15) is 35.6 Å². The fourth-order valence-electron chi connectivity index (χ4n) is 3.77. The largest absolute Gasteiger partial charge is 0.384 e. The summed E-state index contributed by atoms with van der Waals surface area (Å²) in [4.78, 5) is 2.60. The number of aromatic nitrogens is 2. The molecule has 1 saturated heterocycles. The molecule has 0 amide bonds. The number of fused-ring (bicyclic) bond motifs is 1. The Hall–Kier alpha value is -1.52. The highest BCUT2D eigenvalue weighted by Gasteiger charge is 2.28. The van der Waals surface area contributed by atoms with E-state index in [1.165, 1.54) is 41.8 Å². The average Bonchev–Trinajstić information content (AvgIpc) is 3.18. The van der Waals surface area contributed by atoms with E-state index >= 15 is 0 Å². The summed E-state index contributed by atoms with van der Waals surface area (Å²) in [6.45, 7) is 3.30. The van der Waals surface area contributed by atoms with Crippen molar-refractivity contribution in [1.29, 1.82) is 0 Å². The first-order valence-corrected chi connectivity index (χ1v) is 7.88. The minimum absolute atomic E-state index is 0. The topological polar surface area (TPSA) is 33.1 Å². The van der Waals surface area contributed by atoms with Gasteiger partial charge in [0.05, 0.1) is 6.20 Å². The average molecular weight is 319 g/mol. The van der Waals surface area contributed by atoms with E-state index in [0.29, 0.717) is 6.04 Å². The molecule has 2 aliphatic heterocycles. The number of rotatable bonds is 3. The molecule has 2 aliphatic rings. The Bertz CT molecular complexity index is 652. The van der Waals surface area contributed by atoms with E-state index in [1.807, 2.05) is 17.9 Å². The number of benzene rings is 1. The normalized spacial score (nSPS) is 20.5. The number of nitrogens with zero attached hydrogens (tertiary/aromatic N) is 3. The molecule has 1 unspecified atom stereocenters. The highest BCUT2D eigenvalue weighted by atomic mass is 35.5. The van der Waals surface area contributed by atoms with Crippen LogP contribution in [0.25, 0.3) is 0 Å². The van der Waals surface area contributed by atoms with Crippen molar-refractivity contribution >= 4 is 18.1 Å². The molecule has 1 atom stereocenters. The zero-order valence-electron chi connectivity index (χ0n) is 13.0. The molecule has 4 rings (SSSR count). The monoisotopic (exact) mass is 318 g/mol. The molecule has 3 heterocycles. The Morgan fingerprint density at radius 3 is 3.09 bits per heavy atom. The molecule has 4 nitrogen and oxygen atoms in total. The fourth-order valence-corrected chi connectivity index (χ4v) is 3.77. The maximum atomic E-state index is 4.34. The van der Waals surface area contributed by atoms with Gasteiger partial charge in [-0.1, -0.05) is 18.2 Å². The number of anilines is 1. The van der Waals surface area contributed by atoms with Crippen molar-refractivity contribution in [2.24, 2.45) is 7.05 Å². The van der Waals surface area contributed by atoms with Gasteiger partial charge in [0.2, 0.25) is 0 Å². The summed E-state index contributed by atoms with van der Waals surface area (Å²) in [5.41, 5.74) is 5.66. The van der Waals surface area contributed by atoms with Crippen molar-refractivity contribution in [2.75, 3.05) is 18.4 Å². The van der Waals surface area contributed by atoms with E-state index in [-0.39, 0.29) is 12.4 Å². The summed E-state index contributed by atoms with van der Waals surface area (Å²) >= 11 is 0. The van der Waals surface area contributed by atoms with Crippen LogP contribution >= 0.6 is 12.4 Å². The van der Waals surface area contributed by atoms with Gasteiger partial charge < -0.3 is 5.32 Å². The van der Waals surface area contributed by atoms with E-state index in [4.69, 9.17) is 0 Å². The molecular weight excluding hydrogens is 296 g/mol. The number of halogens is 1. The van der Waals surface area contributed by atoms with Crippen molar-refractivity contribution < 1.29 is 0 Å². The molecule has 2 aromatic rings. The first-order chi connectivity index (χ1) is 10.3. The quantitative estimate of drug-likeness (QED) is 0.943. The number of hydrogen-bond acceptors (Lipinski definition) is 3. The third-order valence-electron chi connectivity index (χ3n) is 4.78. The molecule has 0 saturated carbocycles. The summed E-state index contributed by atoms with van der Waals surface area (Å²) < 4.78 is 1.91. The van der Waals surface area contributed by atoms with Crippen LogP contribution in [0.4, 0.5) is 5.69 Å². The van der Waals surface area contributed by atoms with Crippen molar-refractivity contribution in [2.45, 2.75) is 31.8 Å². The summed E-state index contributed by atoms with van der Waals surface area (Å²) in [6.07, 6.45) is 7.87. The highest BCUT2D eigenvalue weighted by Crippen LogP contribution is 2.35. The minimum Gasteiger partial charge on any atom is -0.384 e.